The summed E-state index contributed by atoms with van der Waals surface area (Å²) >= 11 is 1.61. The molecule has 0 N–H and O–H groups in total. The molecule has 0 atom stereocenters. The summed E-state index contributed by atoms with van der Waals surface area (Å²) in [7, 11) is 1.63. The number of methoxy groups -OCH3 is 1. The van der Waals surface area contributed by atoms with Gasteiger partial charge in [0, 0.05) is 27.7 Å². The summed E-state index contributed by atoms with van der Waals surface area (Å²) in [4.78, 5) is 15.3. The standard InChI is InChI=1S/C20H19NO2S/c1-13-5-7-17-14(10-13)4-3-9-21(17)18-12-24-19-8-6-15(23-2)11-16(19)20(18)22/h5-8,10-12H,3-4,9H2,1-2H3. The molecular formula is C20H19NO2S. The van der Waals surface area contributed by atoms with Gasteiger partial charge in [0.2, 0.25) is 5.43 Å². The molecule has 3 aromatic rings. The molecule has 1 aliphatic heterocycles. The van der Waals surface area contributed by atoms with Crippen LogP contribution < -0.4 is 15.1 Å². The van der Waals surface area contributed by atoms with Crippen molar-refractivity contribution >= 4 is 32.8 Å². The fourth-order valence-electron chi connectivity index (χ4n) is 3.39. The second-order valence-corrected chi connectivity index (χ2v) is 7.11. The molecule has 0 fully saturated rings. The van der Waals surface area contributed by atoms with Gasteiger partial charge in [-0.3, -0.25) is 4.79 Å². The van der Waals surface area contributed by atoms with Gasteiger partial charge in [0.1, 0.15) is 5.75 Å². The maximum Gasteiger partial charge on any atom is 0.211 e. The second kappa shape index (κ2) is 5.95. The summed E-state index contributed by atoms with van der Waals surface area (Å²) in [5.41, 5.74) is 4.61. The van der Waals surface area contributed by atoms with E-state index in [1.807, 2.05) is 23.6 Å². The van der Waals surface area contributed by atoms with E-state index in [1.165, 1.54) is 16.8 Å². The third-order valence-corrected chi connectivity index (χ3v) is 5.56. The van der Waals surface area contributed by atoms with Crippen LogP contribution in [-0.4, -0.2) is 13.7 Å². The van der Waals surface area contributed by atoms with Gasteiger partial charge in [-0.2, -0.15) is 0 Å². The predicted octanol–water partition coefficient (Wildman–Crippen LogP) is 4.66. The smallest absolute Gasteiger partial charge is 0.211 e. The Morgan fingerprint density at radius 2 is 2.00 bits per heavy atom. The molecule has 0 saturated heterocycles. The van der Waals surface area contributed by atoms with E-state index in [-0.39, 0.29) is 5.43 Å². The molecule has 2 aromatic carbocycles. The van der Waals surface area contributed by atoms with E-state index in [4.69, 9.17) is 4.74 Å². The van der Waals surface area contributed by atoms with Gasteiger partial charge in [0.25, 0.3) is 0 Å². The van der Waals surface area contributed by atoms with E-state index in [0.717, 1.165) is 40.9 Å². The molecule has 0 radical (unpaired) electrons. The van der Waals surface area contributed by atoms with Gasteiger partial charge >= 0.3 is 0 Å². The predicted molar refractivity (Wildman–Crippen MR) is 101 cm³/mol. The maximum atomic E-state index is 13.1. The SMILES string of the molecule is COc1ccc2scc(N3CCCc4cc(C)ccc43)c(=O)c2c1. The summed E-state index contributed by atoms with van der Waals surface area (Å²) in [5, 5.41) is 2.72. The molecular weight excluding hydrogens is 318 g/mol. The van der Waals surface area contributed by atoms with E-state index in [1.54, 1.807) is 18.4 Å². The number of fused-ring (bicyclic) bond motifs is 2. The van der Waals surface area contributed by atoms with Gasteiger partial charge in [-0.25, -0.2) is 0 Å². The Morgan fingerprint density at radius 3 is 2.83 bits per heavy atom. The van der Waals surface area contributed by atoms with Gasteiger partial charge in [0.15, 0.2) is 0 Å². The summed E-state index contributed by atoms with van der Waals surface area (Å²) in [6.07, 6.45) is 2.14. The fraction of sp³-hybridized carbons (Fsp3) is 0.250. The zero-order chi connectivity index (χ0) is 16.7. The number of benzene rings is 2. The van der Waals surface area contributed by atoms with Gasteiger partial charge in [-0.1, -0.05) is 17.7 Å². The van der Waals surface area contributed by atoms with Crippen LogP contribution in [0.1, 0.15) is 17.5 Å². The molecule has 1 aliphatic rings. The van der Waals surface area contributed by atoms with Crippen LogP contribution in [0.4, 0.5) is 11.4 Å². The van der Waals surface area contributed by atoms with E-state index in [0.29, 0.717) is 0 Å². The van der Waals surface area contributed by atoms with Crippen molar-refractivity contribution in [3.63, 3.8) is 0 Å². The first-order valence-corrected chi connectivity index (χ1v) is 9.02. The fourth-order valence-corrected chi connectivity index (χ4v) is 4.29. The molecule has 4 rings (SSSR count). The van der Waals surface area contributed by atoms with Crippen LogP contribution in [0.15, 0.2) is 46.6 Å². The van der Waals surface area contributed by atoms with Crippen molar-refractivity contribution in [1.82, 2.24) is 0 Å². The van der Waals surface area contributed by atoms with Crippen LogP contribution in [0.25, 0.3) is 10.1 Å². The van der Waals surface area contributed by atoms with Crippen LogP contribution in [0, 0.1) is 6.92 Å². The third-order valence-electron chi connectivity index (χ3n) is 4.61. The maximum absolute atomic E-state index is 13.1. The first kappa shape index (κ1) is 15.2. The number of hydrogen-bond donors (Lipinski definition) is 0. The first-order valence-electron chi connectivity index (χ1n) is 8.14. The molecule has 0 saturated carbocycles. The van der Waals surface area contributed by atoms with E-state index in [9.17, 15) is 4.79 Å². The third kappa shape index (κ3) is 2.47. The largest absolute Gasteiger partial charge is 0.497 e. The van der Waals surface area contributed by atoms with Gasteiger partial charge in [0.05, 0.1) is 12.8 Å². The Bertz CT molecular complexity index is 977. The Labute approximate surface area is 145 Å². The number of anilines is 2. The quantitative estimate of drug-likeness (QED) is 0.681. The average Bonchev–Trinajstić information content (AvgIpc) is 2.61. The summed E-state index contributed by atoms with van der Waals surface area (Å²) in [5.74, 6) is 0.721. The minimum atomic E-state index is 0.0797. The number of aryl methyl sites for hydroxylation is 2. The molecule has 0 spiro atoms. The lowest BCUT2D eigenvalue weighted by atomic mass is 9.99. The number of hydrogen-bond acceptors (Lipinski definition) is 4. The van der Waals surface area contributed by atoms with Crippen LogP contribution in [0.5, 0.6) is 5.75 Å². The van der Waals surface area contributed by atoms with E-state index in [2.05, 4.69) is 30.0 Å². The molecule has 0 bridgehead atoms. The average molecular weight is 337 g/mol. The number of ether oxygens (including phenoxy) is 1. The molecule has 0 amide bonds. The van der Waals surface area contributed by atoms with Crippen LogP contribution in [0.3, 0.4) is 0 Å². The van der Waals surface area contributed by atoms with Crippen molar-refractivity contribution in [2.75, 3.05) is 18.6 Å². The lowest BCUT2D eigenvalue weighted by molar-refractivity contribution is 0.415. The molecule has 24 heavy (non-hydrogen) atoms. The van der Waals surface area contributed by atoms with E-state index < -0.39 is 0 Å². The topological polar surface area (TPSA) is 29.5 Å². The molecule has 2 heterocycles. The molecule has 4 heteroatoms. The zero-order valence-electron chi connectivity index (χ0n) is 13.8. The van der Waals surface area contributed by atoms with Crippen molar-refractivity contribution in [3.05, 3.63) is 63.1 Å². The van der Waals surface area contributed by atoms with Crippen molar-refractivity contribution in [2.45, 2.75) is 19.8 Å². The minimum Gasteiger partial charge on any atom is -0.497 e. The van der Waals surface area contributed by atoms with Gasteiger partial charge < -0.3 is 9.64 Å². The number of rotatable bonds is 2. The zero-order valence-corrected chi connectivity index (χ0v) is 14.7. The van der Waals surface area contributed by atoms with Gasteiger partial charge in [-0.15, -0.1) is 11.3 Å². The van der Waals surface area contributed by atoms with Crippen molar-refractivity contribution in [2.24, 2.45) is 0 Å². The molecule has 122 valence electrons. The lowest BCUT2D eigenvalue weighted by Crippen LogP contribution is -2.28. The summed E-state index contributed by atoms with van der Waals surface area (Å²) in [6.45, 7) is 3.00. The number of nitrogens with zero attached hydrogens (tertiary/aromatic N) is 1. The summed E-state index contributed by atoms with van der Waals surface area (Å²) in [6, 6.07) is 12.2. The highest BCUT2D eigenvalue weighted by Crippen LogP contribution is 2.34. The van der Waals surface area contributed by atoms with Crippen LogP contribution >= 0.6 is 11.3 Å². The lowest BCUT2D eigenvalue weighted by Gasteiger charge is -2.31. The normalized spacial score (nSPS) is 13.8. The van der Waals surface area contributed by atoms with Crippen LogP contribution in [0.2, 0.25) is 0 Å². The molecule has 3 nitrogen and oxygen atoms in total. The Balaban J connectivity index is 1.89. The molecule has 1 aromatic heterocycles. The summed E-state index contributed by atoms with van der Waals surface area (Å²) < 4.78 is 6.28. The van der Waals surface area contributed by atoms with E-state index >= 15 is 0 Å². The highest BCUT2D eigenvalue weighted by atomic mass is 32.1. The monoisotopic (exact) mass is 337 g/mol. The second-order valence-electron chi connectivity index (χ2n) is 6.20. The molecule has 0 unspecified atom stereocenters. The van der Waals surface area contributed by atoms with Crippen molar-refractivity contribution < 1.29 is 4.74 Å². The first-order chi connectivity index (χ1) is 11.7. The highest BCUT2D eigenvalue weighted by Gasteiger charge is 2.21. The Kier molecular flexibility index (Phi) is 3.77. The Morgan fingerprint density at radius 1 is 1.12 bits per heavy atom. The van der Waals surface area contributed by atoms with Crippen molar-refractivity contribution in [1.29, 1.82) is 0 Å². The van der Waals surface area contributed by atoms with Gasteiger partial charge in [-0.05, 0) is 49.6 Å². The Hall–Kier alpha value is -2.33. The highest BCUT2D eigenvalue weighted by molar-refractivity contribution is 7.16. The molecule has 0 aliphatic carbocycles. The minimum absolute atomic E-state index is 0.0797. The van der Waals surface area contributed by atoms with Crippen LogP contribution in [-0.2, 0) is 6.42 Å². The van der Waals surface area contributed by atoms with Crippen molar-refractivity contribution in [3.8, 4) is 5.75 Å².